The van der Waals surface area contributed by atoms with Crippen molar-refractivity contribution >= 4 is 23.9 Å². The van der Waals surface area contributed by atoms with Crippen molar-refractivity contribution in [2.75, 3.05) is 0 Å². The van der Waals surface area contributed by atoms with Crippen LogP contribution in [0.5, 0.6) is 0 Å². The molecule has 0 saturated heterocycles. The molecule has 0 saturated carbocycles. The van der Waals surface area contributed by atoms with Gasteiger partial charge in [-0.15, -0.1) is 0 Å². The van der Waals surface area contributed by atoms with Crippen LogP contribution in [0.2, 0.25) is 0 Å². The quantitative estimate of drug-likeness (QED) is 0.742. The van der Waals surface area contributed by atoms with Gasteiger partial charge < -0.3 is 15.5 Å². The van der Waals surface area contributed by atoms with Crippen LogP contribution in [0.1, 0.15) is 22.8 Å². The third-order valence-electron chi connectivity index (χ3n) is 2.81. The molecule has 0 radical (unpaired) electrons. The van der Waals surface area contributed by atoms with Gasteiger partial charge in [0.15, 0.2) is 0 Å². The number of hydrogen-bond donors (Lipinski definition) is 3. The number of aliphatic hydroxyl groups excluding tert-OH is 1. The molecule has 0 fully saturated rings. The maximum absolute atomic E-state index is 13.7. The summed E-state index contributed by atoms with van der Waals surface area (Å²) in [5.41, 5.74) is 0.301. The van der Waals surface area contributed by atoms with Crippen molar-refractivity contribution in [2.45, 2.75) is 6.10 Å². The number of halogens is 3. The molecule has 0 aliphatic carbocycles. The van der Waals surface area contributed by atoms with Gasteiger partial charge in [-0.05, 0) is 23.8 Å². The molecule has 6 heteroatoms. The van der Waals surface area contributed by atoms with Gasteiger partial charge in [-0.1, -0.05) is 17.7 Å². The summed E-state index contributed by atoms with van der Waals surface area (Å²) in [6, 6.07) is 3.38. The van der Waals surface area contributed by atoms with Crippen LogP contribution < -0.4 is 0 Å². The molecule has 3 N–H and O–H groups in total. The van der Waals surface area contributed by atoms with E-state index in [1.54, 1.807) is 0 Å². The van der Waals surface area contributed by atoms with Crippen molar-refractivity contribution in [3.63, 3.8) is 0 Å². The van der Waals surface area contributed by atoms with Crippen molar-refractivity contribution in [3.05, 3.63) is 63.9 Å². The molecule has 0 spiro atoms. The van der Waals surface area contributed by atoms with Gasteiger partial charge in [-0.2, -0.15) is 0 Å². The third-order valence-corrected chi connectivity index (χ3v) is 3.03. The summed E-state index contributed by atoms with van der Waals surface area (Å²) in [6.07, 6.45) is 3.82. The van der Waals surface area contributed by atoms with E-state index in [-0.39, 0.29) is 10.6 Å². The molecule has 3 nitrogen and oxygen atoms in total. The maximum atomic E-state index is 13.7. The average Bonchev–Trinajstić information content (AvgIpc) is 2.86. The summed E-state index contributed by atoms with van der Waals surface area (Å²) in [5.74, 6) is -1.65. The van der Waals surface area contributed by atoms with Gasteiger partial charge in [-0.25, -0.2) is 8.78 Å². The van der Waals surface area contributed by atoms with E-state index in [9.17, 15) is 13.9 Å². The predicted molar refractivity (Wildman–Crippen MR) is 73.8 cm³/mol. The van der Waals surface area contributed by atoms with Crippen LogP contribution >= 0.6 is 11.6 Å². The first kappa shape index (κ1) is 14.4. The Bertz CT molecular complexity index is 647. The number of hydrogen-bond acceptors (Lipinski definition) is 2. The second-order valence-corrected chi connectivity index (χ2v) is 4.51. The molecule has 2 rings (SSSR count). The highest BCUT2D eigenvalue weighted by molar-refractivity contribution is 6.41. The Morgan fingerprint density at radius 3 is 2.55 bits per heavy atom. The second kappa shape index (κ2) is 5.98. The lowest BCUT2D eigenvalue weighted by molar-refractivity contribution is 0.209. The van der Waals surface area contributed by atoms with Gasteiger partial charge in [0, 0.05) is 24.2 Å². The number of benzene rings is 1. The van der Waals surface area contributed by atoms with Crippen molar-refractivity contribution in [1.82, 2.24) is 4.98 Å². The summed E-state index contributed by atoms with van der Waals surface area (Å²) in [7, 11) is 0. The molecule has 104 valence electrons. The number of aromatic nitrogens is 1. The lowest BCUT2D eigenvalue weighted by atomic mass is 9.99. The van der Waals surface area contributed by atoms with Crippen LogP contribution in [0.3, 0.4) is 0 Å². The zero-order valence-electron chi connectivity index (χ0n) is 10.2. The molecule has 1 unspecified atom stereocenters. The number of aliphatic hydroxyl groups is 1. The van der Waals surface area contributed by atoms with Crippen molar-refractivity contribution in [3.8, 4) is 0 Å². The highest BCUT2D eigenvalue weighted by atomic mass is 35.5. The molecule has 1 aromatic carbocycles. The Morgan fingerprint density at radius 1 is 1.30 bits per heavy atom. The van der Waals surface area contributed by atoms with E-state index in [1.165, 1.54) is 24.5 Å². The van der Waals surface area contributed by atoms with Crippen molar-refractivity contribution < 1.29 is 13.9 Å². The highest BCUT2D eigenvalue weighted by Crippen LogP contribution is 2.30. The summed E-state index contributed by atoms with van der Waals surface area (Å²) in [5, 5.41) is 17.3. The molecule has 1 heterocycles. The molecule has 2 aromatic rings. The van der Waals surface area contributed by atoms with Crippen LogP contribution in [0.15, 0.2) is 35.6 Å². The lowest BCUT2D eigenvalue weighted by Gasteiger charge is -2.13. The number of allylic oxidation sites excluding steroid dienone is 1. The molecule has 0 aliphatic heterocycles. The van der Waals surface area contributed by atoms with Gasteiger partial charge in [0.1, 0.15) is 17.7 Å². The number of nitrogens with one attached hydrogen (secondary N) is 2. The first-order chi connectivity index (χ1) is 9.54. The predicted octanol–water partition coefficient (Wildman–Crippen LogP) is 3.60. The minimum Gasteiger partial charge on any atom is -0.383 e. The summed E-state index contributed by atoms with van der Waals surface area (Å²) >= 11 is 5.72. The first-order valence-electron chi connectivity index (χ1n) is 5.71. The average molecular weight is 297 g/mol. The van der Waals surface area contributed by atoms with Gasteiger partial charge in [0.25, 0.3) is 0 Å². The SMILES string of the molecule is N=C/C(Cl)=C\c1c[nH]cc1C(O)c1c(F)cccc1F. The number of H-pyrrole nitrogens is 1. The van der Waals surface area contributed by atoms with Gasteiger partial charge in [0.2, 0.25) is 0 Å². The zero-order chi connectivity index (χ0) is 14.7. The lowest BCUT2D eigenvalue weighted by Crippen LogP contribution is -2.06. The molecule has 0 aliphatic rings. The number of aromatic amines is 1. The molecule has 1 atom stereocenters. The molecule has 1 aromatic heterocycles. The Hall–Kier alpha value is -1.98. The normalized spacial score (nSPS) is 13.3. The van der Waals surface area contributed by atoms with Crippen LogP contribution in [0.4, 0.5) is 8.78 Å². The fraction of sp³-hybridized carbons (Fsp3) is 0.0714. The van der Waals surface area contributed by atoms with E-state index in [0.29, 0.717) is 5.56 Å². The molecule has 0 bridgehead atoms. The highest BCUT2D eigenvalue weighted by Gasteiger charge is 2.22. The van der Waals surface area contributed by atoms with Crippen LogP contribution in [0, 0.1) is 17.0 Å². The Kier molecular flexibility index (Phi) is 4.32. The van der Waals surface area contributed by atoms with Gasteiger partial charge in [-0.3, -0.25) is 0 Å². The minimum absolute atomic E-state index is 0.132. The molecular formula is C14H11ClF2N2O. The van der Waals surface area contributed by atoms with E-state index in [2.05, 4.69) is 4.98 Å². The summed E-state index contributed by atoms with van der Waals surface area (Å²) in [6.45, 7) is 0. The maximum Gasteiger partial charge on any atom is 0.132 e. The van der Waals surface area contributed by atoms with Gasteiger partial charge >= 0.3 is 0 Å². The smallest absolute Gasteiger partial charge is 0.132 e. The van der Waals surface area contributed by atoms with E-state index < -0.39 is 23.3 Å². The second-order valence-electron chi connectivity index (χ2n) is 4.08. The molecule has 20 heavy (non-hydrogen) atoms. The Morgan fingerprint density at radius 2 is 1.95 bits per heavy atom. The fourth-order valence-corrected chi connectivity index (χ4v) is 1.98. The molecular weight excluding hydrogens is 286 g/mol. The van der Waals surface area contributed by atoms with Crippen LogP contribution in [-0.4, -0.2) is 16.3 Å². The van der Waals surface area contributed by atoms with Crippen molar-refractivity contribution in [1.29, 1.82) is 5.41 Å². The van der Waals surface area contributed by atoms with E-state index in [1.807, 2.05) is 0 Å². The van der Waals surface area contributed by atoms with E-state index in [0.717, 1.165) is 18.3 Å². The zero-order valence-corrected chi connectivity index (χ0v) is 11.0. The number of rotatable bonds is 4. The van der Waals surface area contributed by atoms with E-state index >= 15 is 0 Å². The van der Waals surface area contributed by atoms with Crippen LogP contribution in [-0.2, 0) is 0 Å². The van der Waals surface area contributed by atoms with E-state index in [4.69, 9.17) is 17.0 Å². The standard InChI is InChI=1S/C14H11ClF2N2O/c15-9(5-18)4-8-6-19-7-10(8)14(20)13-11(16)2-1-3-12(13)17/h1-7,14,18-20H/b9-4+,18-5?. The first-order valence-corrected chi connectivity index (χ1v) is 6.08. The molecule has 0 amide bonds. The minimum atomic E-state index is -1.47. The third kappa shape index (κ3) is 2.79. The summed E-state index contributed by atoms with van der Waals surface area (Å²) < 4.78 is 27.3. The monoisotopic (exact) mass is 296 g/mol. The Labute approximate surface area is 119 Å². The van der Waals surface area contributed by atoms with Gasteiger partial charge in [0.05, 0.1) is 10.6 Å². The summed E-state index contributed by atoms with van der Waals surface area (Å²) in [4.78, 5) is 2.73. The van der Waals surface area contributed by atoms with Crippen molar-refractivity contribution in [2.24, 2.45) is 0 Å². The fourth-order valence-electron chi connectivity index (χ4n) is 1.87. The van der Waals surface area contributed by atoms with Crippen LogP contribution in [0.25, 0.3) is 6.08 Å². The largest absolute Gasteiger partial charge is 0.383 e. The Balaban J connectivity index is 2.47. The topological polar surface area (TPSA) is 59.9 Å².